The van der Waals surface area contributed by atoms with Crippen LogP contribution in [-0.4, -0.2) is 84.0 Å². The van der Waals surface area contributed by atoms with Crippen LogP contribution < -0.4 is 21.7 Å². The molecule has 47 heavy (non-hydrogen) atoms. The van der Waals surface area contributed by atoms with E-state index in [0.717, 1.165) is 21.8 Å². The number of nitrogens with zero attached hydrogens (tertiary/aromatic N) is 1. The quantitative estimate of drug-likeness (QED) is 0.0780. The maximum atomic E-state index is 13.8. The summed E-state index contributed by atoms with van der Waals surface area (Å²) in [5.41, 5.74) is 9.44. The second-order valence-corrected chi connectivity index (χ2v) is 11.1. The smallest absolute Gasteiger partial charge is 0.326 e. The molecule has 5 rings (SSSR count). The lowest BCUT2D eigenvalue weighted by molar-refractivity contribution is -0.143. The van der Waals surface area contributed by atoms with E-state index in [1.165, 1.54) is 12.5 Å². The van der Waals surface area contributed by atoms with Crippen LogP contribution in [0.5, 0.6) is 0 Å². The van der Waals surface area contributed by atoms with Crippen LogP contribution in [0.1, 0.15) is 23.2 Å². The Hall–Kier alpha value is -5.96. The van der Waals surface area contributed by atoms with Gasteiger partial charge >= 0.3 is 11.9 Å². The van der Waals surface area contributed by atoms with Gasteiger partial charge in [0.15, 0.2) is 0 Å². The maximum Gasteiger partial charge on any atom is 0.326 e. The Morgan fingerprint density at radius 3 is 1.79 bits per heavy atom. The Balaban J connectivity index is 1.37. The monoisotopic (exact) mass is 642 g/mol. The molecule has 0 fully saturated rings. The number of H-pyrrole nitrogens is 3. The number of aliphatic carboxylic acids is 2. The van der Waals surface area contributed by atoms with Crippen molar-refractivity contribution < 1.29 is 34.2 Å². The van der Waals surface area contributed by atoms with Gasteiger partial charge in [-0.1, -0.05) is 36.4 Å². The lowest BCUT2D eigenvalue weighted by Gasteiger charge is -2.24. The number of nitrogens with two attached hydrogens (primary N) is 1. The molecule has 244 valence electrons. The Labute approximate surface area is 267 Å². The molecule has 15 heteroatoms. The van der Waals surface area contributed by atoms with E-state index < -0.39 is 60.2 Å². The highest BCUT2D eigenvalue weighted by Crippen LogP contribution is 2.21. The summed E-state index contributed by atoms with van der Waals surface area (Å²) in [4.78, 5) is 77.0. The second kappa shape index (κ2) is 14.4. The van der Waals surface area contributed by atoms with Gasteiger partial charge in [-0.15, -0.1) is 0 Å². The van der Waals surface area contributed by atoms with Gasteiger partial charge in [-0.25, -0.2) is 9.78 Å². The number of amides is 3. The molecule has 3 amide bonds. The Morgan fingerprint density at radius 1 is 0.702 bits per heavy atom. The van der Waals surface area contributed by atoms with Gasteiger partial charge < -0.3 is 46.8 Å². The fourth-order valence-electron chi connectivity index (χ4n) is 5.38. The Bertz CT molecular complexity index is 1900. The van der Waals surface area contributed by atoms with Crippen molar-refractivity contribution in [2.24, 2.45) is 5.73 Å². The van der Waals surface area contributed by atoms with Gasteiger partial charge in [0.2, 0.25) is 17.7 Å². The van der Waals surface area contributed by atoms with Gasteiger partial charge in [0.25, 0.3) is 0 Å². The normalized spacial score (nSPS) is 13.8. The van der Waals surface area contributed by atoms with Crippen LogP contribution in [0.4, 0.5) is 0 Å². The summed E-state index contributed by atoms with van der Waals surface area (Å²) in [6, 6.07) is 9.18. The molecular weight excluding hydrogens is 608 g/mol. The van der Waals surface area contributed by atoms with Gasteiger partial charge in [0.1, 0.15) is 18.1 Å². The molecule has 0 aliphatic heterocycles. The third kappa shape index (κ3) is 8.01. The molecule has 0 bridgehead atoms. The number of fused-ring (bicyclic) bond motifs is 2. The summed E-state index contributed by atoms with van der Waals surface area (Å²) >= 11 is 0. The molecule has 4 atom stereocenters. The van der Waals surface area contributed by atoms with Crippen molar-refractivity contribution in [1.29, 1.82) is 0 Å². The first-order valence-electron chi connectivity index (χ1n) is 14.8. The summed E-state index contributed by atoms with van der Waals surface area (Å²) in [6.45, 7) is 0. The molecule has 0 aliphatic rings. The van der Waals surface area contributed by atoms with Crippen LogP contribution in [0.15, 0.2) is 73.4 Å². The molecule has 0 saturated carbocycles. The van der Waals surface area contributed by atoms with Gasteiger partial charge in [-0.05, 0) is 23.3 Å². The average Bonchev–Trinajstić information content (AvgIpc) is 3.80. The van der Waals surface area contributed by atoms with Crippen molar-refractivity contribution in [3.8, 4) is 0 Å². The van der Waals surface area contributed by atoms with Crippen LogP contribution in [0, 0.1) is 0 Å². The van der Waals surface area contributed by atoms with E-state index in [-0.39, 0.29) is 19.3 Å². The highest BCUT2D eigenvalue weighted by Gasteiger charge is 2.32. The number of carboxylic acids is 2. The van der Waals surface area contributed by atoms with Gasteiger partial charge in [0.05, 0.1) is 18.8 Å². The van der Waals surface area contributed by atoms with Gasteiger partial charge in [-0.2, -0.15) is 0 Å². The number of benzene rings is 2. The van der Waals surface area contributed by atoms with Crippen LogP contribution >= 0.6 is 0 Å². The number of imidazole rings is 1. The number of carbonyl (C=O) groups is 5. The van der Waals surface area contributed by atoms with Crippen molar-refractivity contribution in [3.63, 3.8) is 0 Å². The fraction of sp³-hybridized carbons (Fsp3) is 0.250. The van der Waals surface area contributed by atoms with E-state index in [2.05, 4.69) is 35.9 Å². The van der Waals surface area contributed by atoms with Crippen LogP contribution in [0.25, 0.3) is 21.8 Å². The molecule has 4 unspecified atom stereocenters. The van der Waals surface area contributed by atoms with E-state index in [4.69, 9.17) is 5.73 Å². The lowest BCUT2D eigenvalue weighted by atomic mass is 10.0. The summed E-state index contributed by atoms with van der Waals surface area (Å²) in [7, 11) is 0. The SMILES string of the molecule is NC(Cc1cnc[nH]1)C(=O)NC(CC(=O)O)C(=O)NC(Cc1c[nH]c2ccccc12)C(=O)NC(Cc1c[nH]c2ccccc12)C(=O)O. The van der Waals surface area contributed by atoms with Gasteiger partial charge in [-0.3, -0.25) is 19.2 Å². The molecule has 3 aromatic heterocycles. The average molecular weight is 643 g/mol. The molecule has 2 aromatic carbocycles. The number of carbonyl (C=O) groups excluding carboxylic acids is 3. The number of nitrogens with one attached hydrogen (secondary N) is 6. The summed E-state index contributed by atoms with van der Waals surface area (Å²) in [5.74, 6) is -5.23. The molecule has 0 spiro atoms. The first-order valence-corrected chi connectivity index (χ1v) is 14.8. The topological polar surface area (TPSA) is 248 Å². The van der Waals surface area contributed by atoms with Crippen molar-refractivity contribution in [1.82, 2.24) is 35.9 Å². The van der Waals surface area contributed by atoms with E-state index in [9.17, 15) is 34.2 Å². The number of carboxylic acid groups (broad SMARTS) is 2. The van der Waals surface area contributed by atoms with Gasteiger partial charge in [0, 0.05) is 65.4 Å². The molecule has 0 saturated heterocycles. The number of aromatic nitrogens is 4. The number of hydrogen-bond acceptors (Lipinski definition) is 7. The standard InChI is InChI=1S/C32H34N8O7/c33-22(11-19-15-34-16-37-19)29(43)38-26(12-28(41)42)31(45)39-25(9-17-13-35-23-7-3-1-5-20(17)23)30(44)40-27(32(46)47)10-18-14-36-24-8-4-2-6-21(18)24/h1-8,13-16,22,25-27,35-36H,9-12,33H2,(H,34,37)(H,38,43)(H,39,45)(H,40,44)(H,41,42)(H,46,47). The van der Waals surface area contributed by atoms with Crippen molar-refractivity contribution in [2.75, 3.05) is 0 Å². The van der Waals surface area contributed by atoms with Crippen LogP contribution in [-0.2, 0) is 43.2 Å². The molecule has 3 heterocycles. The number of aromatic amines is 3. The first kappa shape index (κ1) is 32.4. The Kier molecular flexibility index (Phi) is 9.96. The number of rotatable bonds is 15. The number of para-hydroxylation sites is 2. The van der Waals surface area contributed by atoms with E-state index in [1.807, 2.05) is 42.5 Å². The van der Waals surface area contributed by atoms with E-state index >= 15 is 0 Å². The third-order valence-electron chi connectivity index (χ3n) is 7.79. The number of hydrogen-bond donors (Lipinski definition) is 9. The summed E-state index contributed by atoms with van der Waals surface area (Å²) in [5, 5.41) is 28.6. The van der Waals surface area contributed by atoms with E-state index in [1.54, 1.807) is 18.5 Å². The van der Waals surface area contributed by atoms with Crippen molar-refractivity contribution in [2.45, 2.75) is 49.9 Å². The molecule has 0 aliphatic carbocycles. The summed E-state index contributed by atoms with van der Waals surface area (Å²) in [6.07, 6.45) is 5.36. The predicted molar refractivity (Wildman–Crippen MR) is 170 cm³/mol. The van der Waals surface area contributed by atoms with Crippen molar-refractivity contribution in [3.05, 3.63) is 90.3 Å². The zero-order chi connectivity index (χ0) is 33.5. The summed E-state index contributed by atoms with van der Waals surface area (Å²) < 4.78 is 0. The minimum absolute atomic E-state index is 0.0475. The zero-order valence-electron chi connectivity index (χ0n) is 25.0. The van der Waals surface area contributed by atoms with Crippen molar-refractivity contribution >= 4 is 51.5 Å². The molecule has 15 nitrogen and oxygen atoms in total. The molecular formula is C32H34N8O7. The van der Waals surface area contributed by atoms with Crippen LogP contribution in [0.2, 0.25) is 0 Å². The minimum atomic E-state index is -1.59. The largest absolute Gasteiger partial charge is 0.481 e. The first-order chi connectivity index (χ1) is 22.6. The fourth-order valence-corrected chi connectivity index (χ4v) is 5.38. The lowest BCUT2D eigenvalue weighted by Crippen LogP contribution is -2.58. The van der Waals surface area contributed by atoms with E-state index in [0.29, 0.717) is 16.8 Å². The molecule has 5 aromatic rings. The highest BCUT2D eigenvalue weighted by atomic mass is 16.4. The zero-order valence-corrected chi connectivity index (χ0v) is 25.0. The maximum absolute atomic E-state index is 13.8. The second-order valence-electron chi connectivity index (χ2n) is 11.1. The minimum Gasteiger partial charge on any atom is -0.481 e. The molecule has 10 N–H and O–H groups in total. The molecule has 0 radical (unpaired) electrons. The van der Waals surface area contributed by atoms with Crippen LogP contribution in [0.3, 0.4) is 0 Å². The predicted octanol–water partition coefficient (Wildman–Crippen LogP) is 0.741. The Morgan fingerprint density at radius 2 is 1.23 bits per heavy atom. The third-order valence-corrected chi connectivity index (χ3v) is 7.79. The highest BCUT2D eigenvalue weighted by molar-refractivity contribution is 5.96.